The summed E-state index contributed by atoms with van der Waals surface area (Å²) in [7, 11) is 0. The van der Waals surface area contributed by atoms with Crippen LogP contribution < -0.4 is 11.3 Å². The van der Waals surface area contributed by atoms with Gasteiger partial charge in [0.2, 0.25) is 0 Å². The molecule has 1 fully saturated rings. The van der Waals surface area contributed by atoms with Crippen LogP contribution in [0.1, 0.15) is 38.3 Å². The summed E-state index contributed by atoms with van der Waals surface area (Å²) >= 11 is 0. The zero-order chi connectivity index (χ0) is 10.2. The van der Waals surface area contributed by atoms with Crippen LogP contribution in [-0.2, 0) is 6.54 Å². The Morgan fingerprint density at radius 1 is 1.71 bits per heavy atom. The number of aryl methyl sites for hydroxylation is 1. The number of nitrogens with zero attached hydrogens (tertiary/aromatic N) is 2. The molecule has 4 nitrogen and oxygen atoms in total. The first kappa shape index (κ1) is 9.68. The van der Waals surface area contributed by atoms with Crippen LogP contribution in [0.15, 0.2) is 12.4 Å². The molecule has 1 aliphatic rings. The fourth-order valence-corrected chi connectivity index (χ4v) is 1.89. The largest absolute Gasteiger partial charge is 0.273 e. The molecule has 1 aliphatic carbocycles. The highest BCUT2D eigenvalue weighted by atomic mass is 15.3. The highest BCUT2D eigenvalue weighted by molar-refractivity contribution is 5.17. The zero-order valence-electron chi connectivity index (χ0n) is 8.83. The molecule has 1 saturated carbocycles. The number of aromatic nitrogens is 2. The van der Waals surface area contributed by atoms with E-state index in [0.717, 1.165) is 6.54 Å². The maximum absolute atomic E-state index is 5.59. The predicted octanol–water partition coefficient (Wildman–Crippen LogP) is 1.21. The molecule has 2 rings (SSSR count). The summed E-state index contributed by atoms with van der Waals surface area (Å²) in [6.45, 7) is 5.26. The summed E-state index contributed by atoms with van der Waals surface area (Å²) in [5, 5.41) is 4.27. The van der Waals surface area contributed by atoms with E-state index in [4.69, 9.17) is 5.84 Å². The van der Waals surface area contributed by atoms with Gasteiger partial charge in [0, 0.05) is 18.3 Å². The van der Waals surface area contributed by atoms with E-state index in [1.54, 1.807) is 0 Å². The molecule has 1 aromatic heterocycles. The molecule has 4 heteroatoms. The highest BCUT2D eigenvalue weighted by Crippen LogP contribution is 2.53. The molecular formula is C10H18N4. The molecule has 0 amide bonds. The summed E-state index contributed by atoms with van der Waals surface area (Å²) in [6, 6.07) is 0.253. The fourth-order valence-electron chi connectivity index (χ4n) is 1.89. The molecular weight excluding hydrogens is 176 g/mol. The Morgan fingerprint density at radius 3 is 2.86 bits per heavy atom. The number of nitrogens with one attached hydrogen (secondary N) is 1. The molecule has 1 atom stereocenters. The molecule has 1 unspecified atom stereocenters. The summed E-state index contributed by atoms with van der Waals surface area (Å²) in [6.07, 6.45) is 6.49. The van der Waals surface area contributed by atoms with Crippen LogP contribution in [0.25, 0.3) is 0 Å². The van der Waals surface area contributed by atoms with Crippen molar-refractivity contribution >= 4 is 0 Å². The van der Waals surface area contributed by atoms with Crippen molar-refractivity contribution in [2.75, 3.05) is 0 Å². The van der Waals surface area contributed by atoms with E-state index in [0.29, 0.717) is 5.41 Å². The van der Waals surface area contributed by atoms with Gasteiger partial charge in [-0.3, -0.25) is 16.0 Å². The summed E-state index contributed by atoms with van der Waals surface area (Å²) in [5.74, 6) is 5.59. The molecule has 78 valence electrons. The van der Waals surface area contributed by atoms with Crippen LogP contribution in [0.5, 0.6) is 0 Å². The van der Waals surface area contributed by atoms with Crippen LogP contribution in [0.2, 0.25) is 0 Å². The van der Waals surface area contributed by atoms with Crippen molar-refractivity contribution in [3.05, 3.63) is 18.0 Å². The molecule has 3 N–H and O–H groups in total. The van der Waals surface area contributed by atoms with Crippen molar-refractivity contribution in [3.8, 4) is 0 Å². The van der Waals surface area contributed by atoms with Gasteiger partial charge in [-0.05, 0) is 25.2 Å². The van der Waals surface area contributed by atoms with E-state index in [9.17, 15) is 0 Å². The first-order valence-corrected chi connectivity index (χ1v) is 5.18. The second-order valence-electron chi connectivity index (χ2n) is 4.38. The highest BCUT2D eigenvalue weighted by Gasteiger charge is 2.45. The lowest BCUT2D eigenvalue weighted by Crippen LogP contribution is -2.33. The number of hydrogen-bond donors (Lipinski definition) is 2. The Morgan fingerprint density at radius 2 is 2.43 bits per heavy atom. The molecule has 1 aromatic rings. The van der Waals surface area contributed by atoms with Crippen LogP contribution >= 0.6 is 0 Å². The van der Waals surface area contributed by atoms with Crippen LogP contribution in [0, 0.1) is 5.41 Å². The number of hydrogen-bond acceptors (Lipinski definition) is 3. The molecule has 0 aliphatic heterocycles. The van der Waals surface area contributed by atoms with Crippen molar-refractivity contribution in [1.29, 1.82) is 0 Å². The Bertz CT molecular complexity index is 314. The lowest BCUT2D eigenvalue weighted by atomic mass is 9.95. The lowest BCUT2D eigenvalue weighted by molar-refractivity contribution is 0.372. The Kier molecular flexibility index (Phi) is 2.33. The molecule has 0 spiro atoms. The maximum Gasteiger partial charge on any atom is 0.0544 e. The number of hydrazine groups is 1. The average molecular weight is 194 g/mol. The molecule has 0 radical (unpaired) electrons. The molecule has 0 saturated heterocycles. The first-order valence-electron chi connectivity index (χ1n) is 5.18. The number of rotatable bonds is 4. The minimum atomic E-state index is 0.253. The van der Waals surface area contributed by atoms with E-state index in [-0.39, 0.29) is 6.04 Å². The Balaban J connectivity index is 2.19. The summed E-state index contributed by atoms with van der Waals surface area (Å²) in [5.41, 5.74) is 4.45. The molecule has 14 heavy (non-hydrogen) atoms. The Hall–Kier alpha value is -0.870. The van der Waals surface area contributed by atoms with E-state index < -0.39 is 0 Å². The Labute approximate surface area is 84.4 Å². The molecule has 1 heterocycles. The molecule has 0 bridgehead atoms. The topological polar surface area (TPSA) is 55.9 Å². The van der Waals surface area contributed by atoms with Gasteiger partial charge >= 0.3 is 0 Å². The number of nitrogens with two attached hydrogens (primary N) is 1. The van der Waals surface area contributed by atoms with Crippen LogP contribution in [0.4, 0.5) is 0 Å². The molecule has 0 aromatic carbocycles. The fraction of sp³-hybridized carbons (Fsp3) is 0.700. The second kappa shape index (κ2) is 3.37. The quantitative estimate of drug-likeness (QED) is 0.559. The van der Waals surface area contributed by atoms with Crippen molar-refractivity contribution in [2.24, 2.45) is 11.3 Å². The van der Waals surface area contributed by atoms with E-state index >= 15 is 0 Å². The van der Waals surface area contributed by atoms with Gasteiger partial charge in [-0.15, -0.1) is 0 Å². The van der Waals surface area contributed by atoms with Crippen LogP contribution in [0.3, 0.4) is 0 Å². The van der Waals surface area contributed by atoms with Crippen molar-refractivity contribution < 1.29 is 0 Å². The SMILES string of the molecule is CCn1cc(C(NN)C2(C)CC2)cn1. The van der Waals surface area contributed by atoms with Gasteiger partial charge in [-0.1, -0.05) is 6.92 Å². The lowest BCUT2D eigenvalue weighted by Gasteiger charge is -2.20. The van der Waals surface area contributed by atoms with Crippen molar-refractivity contribution in [1.82, 2.24) is 15.2 Å². The van der Waals surface area contributed by atoms with Crippen molar-refractivity contribution in [2.45, 2.75) is 39.3 Å². The monoisotopic (exact) mass is 194 g/mol. The van der Waals surface area contributed by atoms with Gasteiger partial charge in [0.15, 0.2) is 0 Å². The summed E-state index contributed by atoms with van der Waals surface area (Å²) in [4.78, 5) is 0. The van der Waals surface area contributed by atoms with Crippen molar-refractivity contribution in [3.63, 3.8) is 0 Å². The van der Waals surface area contributed by atoms with Gasteiger partial charge in [-0.25, -0.2) is 0 Å². The van der Waals surface area contributed by atoms with Gasteiger partial charge < -0.3 is 0 Å². The summed E-state index contributed by atoms with van der Waals surface area (Å²) < 4.78 is 1.94. The van der Waals surface area contributed by atoms with E-state index in [2.05, 4.69) is 30.6 Å². The minimum absolute atomic E-state index is 0.253. The smallest absolute Gasteiger partial charge is 0.0544 e. The normalized spacial score (nSPS) is 20.8. The third-order valence-corrected chi connectivity index (χ3v) is 3.21. The second-order valence-corrected chi connectivity index (χ2v) is 4.38. The van der Waals surface area contributed by atoms with Gasteiger partial charge in [0.05, 0.1) is 12.2 Å². The zero-order valence-corrected chi connectivity index (χ0v) is 8.83. The first-order chi connectivity index (χ1) is 6.69. The van der Waals surface area contributed by atoms with Gasteiger partial charge in [-0.2, -0.15) is 5.10 Å². The van der Waals surface area contributed by atoms with Gasteiger partial charge in [0.25, 0.3) is 0 Å². The average Bonchev–Trinajstić information content (AvgIpc) is 2.76. The van der Waals surface area contributed by atoms with Gasteiger partial charge in [0.1, 0.15) is 0 Å². The third kappa shape index (κ3) is 1.55. The van der Waals surface area contributed by atoms with E-state index in [1.807, 2.05) is 10.9 Å². The van der Waals surface area contributed by atoms with Crippen LogP contribution in [-0.4, -0.2) is 9.78 Å². The standard InChI is InChI=1S/C10H18N4/c1-3-14-7-8(6-12-14)9(13-11)10(2)4-5-10/h6-7,9,13H,3-5,11H2,1-2H3. The maximum atomic E-state index is 5.59. The minimum Gasteiger partial charge on any atom is -0.273 e. The predicted molar refractivity (Wildman–Crippen MR) is 55.3 cm³/mol. The third-order valence-electron chi connectivity index (χ3n) is 3.21. The van der Waals surface area contributed by atoms with E-state index in [1.165, 1.54) is 18.4 Å².